The molecule has 37 heavy (non-hydrogen) atoms. The van der Waals surface area contributed by atoms with E-state index in [4.69, 9.17) is 9.47 Å². The van der Waals surface area contributed by atoms with Gasteiger partial charge in [0.25, 0.3) is 11.7 Å². The highest BCUT2D eigenvalue weighted by molar-refractivity contribution is 6.51. The van der Waals surface area contributed by atoms with Gasteiger partial charge in [-0.1, -0.05) is 30.3 Å². The second kappa shape index (κ2) is 9.93. The van der Waals surface area contributed by atoms with E-state index in [-0.39, 0.29) is 23.5 Å². The van der Waals surface area contributed by atoms with Crippen molar-refractivity contribution in [3.63, 3.8) is 0 Å². The van der Waals surface area contributed by atoms with E-state index in [0.717, 1.165) is 29.7 Å². The lowest BCUT2D eigenvalue weighted by Crippen LogP contribution is -2.30. The number of rotatable bonds is 5. The molecule has 0 spiro atoms. The number of aliphatic hydroxyl groups is 1. The highest BCUT2D eigenvalue weighted by atomic mass is 16.5. The topological polar surface area (TPSA) is 93.1 Å². The first kappa shape index (κ1) is 24.3. The summed E-state index contributed by atoms with van der Waals surface area (Å²) in [5.74, 6) is -1.58. The number of nitrogens with zero attached hydrogens (tertiary/aromatic N) is 1. The van der Waals surface area contributed by atoms with Crippen LogP contribution in [-0.4, -0.2) is 36.0 Å². The number of ether oxygens (including phenoxy) is 2. The zero-order chi connectivity index (χ0) is 26.1. The van der Waals surface area contributed by atoms with E-state index in [9.17, 15) is 19.5 Å². The van der Waals surface area contributed by atoms with Gasteiger partial charge in [-0.25, -0.2) is 4.79 Å². The van der Waals surface area contributed by atoms with Crippen LogP contribution < -0.4 is 9.64 Å². The van der Waals surface area contributed by atoms with E-state index < -0.39 is 23.7 Å². The van der Waals surface area contributed by atoms with Gasteiger partial charge in [-0.3, -0.25) is 14.5 Å². The molecule has 1 atom stereocenters. The fraction of sp³-hybridized carbons (Fsp3) is 0.233. The zero-order valence-corrected chi connectivity index (χ0v) is 20.7. The molecule has 1 saturated heterocycles. The molecule has 1 amide bonds. The average molecular weight is 498 g/mol. The van der Waals surface area contributed by atoms with Gasteiger partial charge in [0.1, 0.15) is 11.5 Å². The van der Waals surface area contributed by atoms with E-state index >= 15 is 0 Å². The average Bonchev–Trinajstić information content (AvgIpc) is 3.18. The van der Waals surface area contributed by atoms with Gasteiger partial charge in [0, 0.05) is 11.3 Å². The highest BCUT2D eigenvalue weighted by Gasteiger charge is 2.47. The molecule has 0 saturated carbocycles. The summed E-state index contributed by atoms with van der Waals surface area (Å²) in [4.78, 5) is 40.7. The van der Waals surface area contributed by atoms with Crippen LogP contribution in [0.2, 0.25) is 0 Å². The molecular formula is C30H27NO6. The Labute approximate surface area is 214 Å². The predicted molar refractivity (Wildman–Crippen MR) is 139 cm³/mol. The normalized spacial score (nSPS) is 18.3. The largest absolute Gasteiger partial charge is 0.507 e. The molecule has 7 nitrogen and oxygen atoms in total. The van der Waals surface area contributed by atoms with Crippen molar-refractivity contribution in [2.75, 3.05) is 18.1 Å². The summed E-state index contributed by atoms with van der Waals surface area (Å²) in [6, 6.07) is 18.3. The molecule has 0 aliphatic carbocycles. The molecule has 2 aliphatic heterocycles. The van der Waals surface area contributed by atoms with Gasteiger partial charge >= 0.3 is 5.97 Å². The number of hydrogen-bond acceptors (Lipinski definition) is 6. The number of anilines is 1. The number of fused-ring (bicyclic) bond motifs is 1. The number of carbonyl (C=O) groups is 3. The first-order valence-corrected chi connectivity index (χ1v) is 12.3. The third-order valence-electron chi connectivity index (χ3n) is 6.74. The van der Waals surface area contributed by atoms with Crippen LogP contribution in [0.4, 0.5) is 5.69 Å². The van der Waals surface area contributed by atoms with Crippen molar-refractivity contribution < 1.29 is 29.0 Å². The van der Waals surface area contributed by atoms with Crippen molar-refractivity contribution in [1.82, 2.24) is 0 Å². The molecule has 188 valence electrons. The quantitative estimate of drug-likeness (QED) is 0.228. The maximum absolute atomic E-state index is 13.5. The third kappa shape index (κ3) is 4.37. The van der Waals surface area contributed by atoms with Crippen LogP contribution >= 0.6 is 0 Å². The van der Waals surface area contributed by atoms with Crippen molar-refractivity contribution >= 4 is 29.1 Å². The maximum atomic E-state index is 13.5. The van der Waals surface area contributed by atoms with Crippen LogP contribution in [0.5, 0.6) is 5.75 Å². The summed E-state index contributed by atoms with van der Waals surface area (Å²) in [6.07, 6.45) is 1.66. The van der Waals surface area contributed by atoms with Crippen molar-refractivity contribution in [3.8, 4) is 5.75 Å². The smallest absolute Gasteiger partial charge is 0.338 e. The lowest BCUT2D eigenvalue weighted by Gasteiger charge is -2.27. The molecule has 5 rings (SSSR count). The summed E-state index contributed by atoms with van der Waals surface area (Å²) < 4.78 is 10.8. The van der Waals surface area contributed by atoms with Gasteiger partial charge in [-0.15, -0.1) is 0 Å². The number of amides is 1. The molecule has 3 aromatic rings. The predicted octanol–water partition coefficient (Wildman–Crippen LogP) is 5.12. The first-order chi connectivity index (χ1) is 17.9. The Balaban J connectivity index is 1.68. The Kier molecular flexibility index (Phi) is 6.53. The Morgan fingerprint density at radius 1 is 1.05 bits per heavy atom. The van der Waals surface area contributed by atoms with Gasteiger partial charge in [0.15, 0.2) is 0 Å². The monoisotopic (exact) mass is 497 g/mol. The summed E-state index contributed by atoms with van der Waals surface area (Å²) in [6.45, 7) is 4.45. The Hall–Kier alpha value is -4.39. The number of hydrogen-bond donors (Lipinski definition) is 1. The molecule has 2 heterocycles. The lowest BCUT2D eigenvalue weighted by molar-refractivity contribution is -0.132. The number of esters is 1. The summed E-state index contributed by atoms with van der Waals surface area (Å²) in [7, 11) is 0. The maximum Gasteiger partial charge on any atom is 0.338 e. The third-order valence-corrected chi connectivity index (χ3v) is 6.74. The first-order valence-electron chi connectivity index (χ1n) is 12.3. The Morgan fingerprint density at radius 2 is 1.86 bits per heavy atom. The molecule has 0 aromatic heterocycles. The number of aryl methyl sites for hydroxylation is 2. The number of aliphatic hydroxyl groups excluding tert-OH is 1. The molecule has 3 aromatic carbocycles. The van der Waals surface area contributed by atoms with E-state index in [1.165, 1.54) is 11.0 Å². The second-order valence-electron chi connectivity index (χ2n) is 9.07. The van der Waals surface area contributed by atoms with E-state index in [1.54, 1.807) is 37.3 Å². The van der Waals surface area contributed by atoms with Crippen LogP contribution in [0.25, 0.3) is 5.76 Å². The minimum Gasteiger partial charge on any atom is -0.507 e. The molecule has 7 heteroatoms. The van der Waals surface area contributed by atoms with Crippen molar-refractivity contribution in [1.29, 1.82) is 0 Å². The van der Waals surface area contributed by atoms with Crippen molar-refractivity contribution in [2.45, 2.75) is 32.7 Å². The van der Waals surface area contributed by atoms with Gasteiger partial charge in [-0.05, 0) is 79.8 Å². The molecule has 1 fully saturated rings. The van der Waals surface area contributed by atoms with Crippen molar-refractivity contribution in [2.24, 2.45) is 0 Å². The van der Waals surface area contributed by atoms with Crippen LogP contribution in [0.3, 0.4) is 0 Å². The highest BCUT2D eigenvalue weighted by Crippen LogP contribution is 2.43. The molecule has 1 N–H and O–H groups in total. The summed E-state index contributed by atoms with van der Waals surface area (Å²) in [5, 5.41) is 11.5. The van der Waals surface area contributed by atoms with Gasteiger partial charge < -0.3 is 14.6 Å². The van der Waals surface area contributed by atoms with Crippen LogP contribution in [0.1, 0.15) is 52.0 Å². The van der Waals surface area contributed by atoms with Crippen molar-refractivity contribution in [3.05, 3.63) is 100 Å². The fourth-order valence-electron chi connectivity index (χ4n) is 4.95. The molecule has 2 aliphatic rings. The molecule has 1 unspecified atom stereocenters. The lowest BCUT2D eigenvalue weighted by atomic mass is 9.91. The van der Waals surface area contributed by atoms with Crippen LogP contribution in [-0.2, 0) is 20.7 Å². The van der Waals surface area contributed by atoms with Gasteiger partial charge in [0.05, 0.1) is 30.4 Å². The minimum atomic E-state index is -0.883. The van der Waals surface area contributed by atoms with Crippen LogP contribution in [0.15, 0.2) is 72.3 Å². The standard InChI is InChI=1S/C30H27NO6/c1-3-36-30(35)21-9-6-11-22(17-21)31-26(23-12-5-4-8-18(23)2)25(28(33)29(31)34)27(32)20-13-14-24-19(16-20)10-7-15-37-24/h4-6,8-9,11-14,16-17,26,32H,3,7,10,15H2,1-2H3/b27-25+. The van der Waals surface area contributed by atoms with Gasteiger partial charge in [0.2, 0.25) is 0 Å². The summed E-state index contributed by atoms with van der Waals surface area (Å²) >= 11 is 0. The Bertz CT molecular complexity index is 1440. The summed E-state index contributed by atoms with van der Waals surface area (Å²) in [5.41, 5.74) is 3.56. The molecule has 0 bridgehead atoms. The number of benzene rings is 3. The molecular weight excluding hydrogens is 470 g/mol. The zero-order valence-electron chi connectivity index (χ0n) is 20.7. The second-order valence-corrected chi connectivity index (χ2v) is 9.07. The number of carbonyl (C=O) groups excluding carboxylic acids is 3. The molecule has 0 radical (unpaired) electrons. The van der Waals surface area contributed by atoms with Gasteiger partial charge in [-0.2, -0.15) is 0 Å². The SMILES string of the molecule is CCOC(=O)c1cccc(N2C(=O)C(=O)/C(=C(/O)c3ccc4c(c3)CCCO4)C2c2ccccc2C)c1. The van der Waals surface area contributed by atoms with E-state index in [2.05, 4.69) is 0 Å². The number of ketones is 1. The van der Waals surface area contributed by atoms with Crippen LogP contribution in [0, 0.1) is 6.92 Å². The minimum absolute atomic E-state index is 0.00230. The number of Topliss-reactive ketones (excluding diaryl/α,β-unsaturated/α-hetero) is 1. The Morgan fingerprint density at radius 3 is 2.65 bits per heavy atom. The van der Waals surface area contributed by atoms with E-state index in [0.29, 0.717) is 23.4 Å². The fourth-order valence-corrected chi connectivity index (χ4v) is 4.95. The van der Waals surface area contributed by atoms with E-state index in [1.807, 2.05) is 37.3 Å².